The first-order chi connectivity index (χ1) is 15.8. The van der Waals surface area contributed by atoms with Gasteiger partial charge in [-0.05, 0) is 41.0 Å². The molecule has 0 saturated heterocycles. The molecule has 0 fully saturated rings. The summed E-state index contributed by atoms with van der Waals surface area (Å²) in [5.41, 5.74) is 2.91. The molecule has 1 N–H and O–H groups in total. The Balaban J connectivity index is 1.34. The van der Waals surface area contributed by atoms with E-state index in [4.69, 9.17) is 14.2 Å². The average molecular weight is 474 g/mol. The maximum atomic E-state index is 13.2. The molecule has 2 amide bonds. The molecule has 2 aromatic rings. The molecule has 0 aliphatic carbocycles. The van der Waals surface area contributed by atoms with Crippen molar-refractivity contribution in [3.63, 3.8) is 0 Å². The highest BCUT2D eigenvalue weighted by Crippen LogP contribution is 2.34. The standard InChI is InChI=1S/C23H27N3O6S/c1-30-19-6-4-16(5-7-19)11-24-23(27)25-12-17-14-26(15-18(17)13-25)33(28,29)20-8-9-21(31-2)22(10-20)32-3/h4-10H,11-15H2,1-3H3,(H,24,27). The number of methoxy groups -OCH3 is 3. The number of carbonyl (C=O) groups is 1. The van der Waals surface area contributed by atoms with Crippen molar-refractivity contribution in [2.45, 2.75) is 11.4 Å². The number of ether oxygens (including phenoxy) is 3. The van der Waals surface area contributed by atoms with Gasteiger partial charge in [-0.1, -0.05) is 12.1 Å². The third-order valence-electron chi connectivity index (χ3n) is 5.88. The zero-order valence-corrected chi connectivity index (χ0v) is 19.6. The zero-order valence-electron chi connectivity index (χ0n) is 18.8. The summed E-state index contributed by atoms with van der Waals surface area (Å²) >= 11 is 0. The second-order valence-corrected chi connectivity index (χ2v) is 9.80. The van der Waals surface area contributed by atoms with Crippen molar-refractivity contribution in [2.75, 3.05) is 47.5 Å². The first-order valence-corrected chi connectivity index (χ1v) is 11.9. The van der Waals surface area contributed by atoms with Crippen LogP contribution in [0.3, 0.4) is 0 Å². The van der Waals surface area contributed by atoms with Crippen LogP contribution in [0.4, 0.5) is 4.79 Å². The summed E-state index contributed by atoms with van der Waals surface area (Å²) in [5, 5.41) is 2.92. The van der Waals surface area contributed by atoms with Crippen molar-refractivity contribution in [3.05, 3.63) is 59.2 Å². The Hall–Kier alpha value is -3.24. The van der Waals surface area contributed by atoms with E-state index in [9.17, 15) is 13.2 Å². The lowest BCUT2D eigenvalue weighted by molar-refractivity contribution is 0.208. The summed E-state index contributed by atoms with van der Waals surface area (Å²) < 4.78 is 43.3. The number of carbonyl (C=O) groups excluding carboxylic acids is 1. The molecule has 9 nitrogen and oxygen atoms in total. The molecule has 2 aliphatic heterocycles. The van der Waals surface area contributed by atoms with Gasteiger partial charge in [0.25, 0.3) is 0 Å². The number of nitrogens with zero attached hydrogens (tertiary/aromatic N) is 2. The monoisotopic (exact) mass is 473 g/mol. The van der Waals surface area contributed by atoms with Crippen LogP contribution in [-0.4, -0.2) is 71.2 Å². The predicted octanol–water partition coefficient (Wildman–Crippen LogP) is 2.24. The van der Waals surface area contributed by atoms with Crippen molar-refractivity contribution in [2.24, 2.45) is 0 Å². The molecule has 0 radical (unpaired) electrons. The fourth-order valence-electron chi connectivity index (χ4n) is 4.02. The van der Waals surface area contributed by atoms with Gasteiger partial charge in [0.15, 0.2) is 11.5 Å². The first kappa shape index (κ1) is 22.9. The van der Waals surface area contributed by atoms with Crippen molar-refractivity contribution in [1.82, 2.24) is 14.5 Å². The smallest absolute Gasteiger partial charge is 0.318 e. The maximum Gasteiger partial charge on any atom is 0.318 e. The highest BCUT2D eigenvalue weighted by molar-refractivity contribution is 7.89. The Bertz CT molecular complexity index is 1160. The molecule has 0 atom stereocenters. The Kier molecular flexibility index (Phi) is 6.48. The Morgan fingerprint density at radius 2 is 1.52 bits per heavy atom. The van der Waals surface area contributed by atoms with Gasteiger partial charge in [-0.2, -0.15) is 4.31 Å². The molecule has 33 heavy (non-hydrogen) atoms. The second kappa shape index (κ2) is 9.32. The van der Waals surface area contributed by atoms with E-state index in [-0.39, 0.29) is 24.0 Å². The van der Waals surface area contributed by atoms with Crippen LogP contribution in [0, 0.1) is 0 Å². The molecule has 10 heteroatoms. The van der Waals surface area contributed by atoms with E-state index in [0.29, 0.717) is 31.1 Å². The van der Waals surface area contributed by atoms with Gasteiger partial charge in [0.1, 0.15) is 5.75 Å². The molecule has 0 spiro atoms. The molecule has 0 bridgehead atoms. The fourth-order valence-corrected chi connectivity index (χ4v) is 5.46. The molecule has 2 aliphatic rings. The molecule has 0 aromatic heterocycles. The van der Waals surface area contributed by atoms with Crippen LogP contribution in [0.1, 0.15) is 5.56 Å². The van der Waals surface area contributed by atoms with Crippen LogP contribution in [0.25, 0.3) is 0 Å². The minimum Gasteiger partial charge on any atom is -0.497 e. The number of benzene rings is 2. The van der Waals surface area contributed by atoms with Crippen molar-refractivity contribution < 1.29 is 27.4 Å². The number of amides is 2. The van der Waals surface area contributed by atoms with Gasteiger partial charge in [-0.3, -0.25) is 0 Å². The van der Waals surface area contributed by atoms with Crippen molar-refractivity contribution in [3.8, 4) is 17.2 Å². The predicted molar refractivity (Wildman–Crippen MR) is 122 cm³/mol. The van der Waals surface area contributed by atoms with E-state index >= 15 is 0 Å². The van der Waals surface area contributed by atoms with Crippen LogP contribution < -0.4 is 19.5 Å². The lowest BCUT2D eigenvalue weighted by Gasteiger charge is -2.23. The van der Waals surface area contributed by atoms with Crippen LogP contribution in [0.2, 0.25) is 0 Å². The minimum absolute atomic E-state index is 0.149. The summed E-state index contributed by atoms with van der Waals surface area (Å²) in [4.78, 5) is 14.5. The SMILES string of the molecule is COc1ccc(CNC(=O)N2CC3=C(C2)CN(S(=O)(=O)c2ccc(OC)c(OC)c2)C3)cc1. The Morgan fingerprint density at radius 3 is 2.09 bits per heavy atom. The molecular formula is C23H27N3O6S. The van der Waals surface area contributed by atoms with Gasteiger partial charge in [0, 0.05) is 38.8 Å². The maximum absolute atomic E-state index is 13.2. The summed E-state index contributed by atoms with van der Waals surface area (Å²) in [6, 6.07) is 11.9. The summed E-state index contributed by atoms with van der Waals surface area (Å²) in [6.07, 6.45) is 0. The van der Waals surface area contributed by atoms with Gasteiger partial charge in [-0.25, -0.2) is 13.2 Å². The molecular weight excluding hydrogens is 446 g/mol. The number of nitrogens with one attached hydrogen (secondary N) is 1. The number of hydrogen-bond donors (Lipinski definition) is 1. The van der Waals surface area contributed by atoms with Gasteiger partial charge < -0.3 is 24.4 Å². The van der Waals surface area contributed by atoms with E-state index < -0.39 is 10.0 Å². The number of urea groups is 1. The van der Waals surface area contributed by atoms with Gasteiger partial charge in [0.2, 0.25) is 10.0 Å². The summed E-state index contributed by atoms with van der Waals surface area (Å²) in [7, 11) is 0.873. The molecule has 4 rings (SSSR count). The van der Waals surface area contributed by atoms with Crippen molar-refractivity contribution >= 4 is 16.1 Å². The van der Waals surface area contributed by atoms with Gasteiger partial charge in [0.05, 0.1) is 26.2 Å². The first-order valence-electron chi connectivity index (χ1n) is 10.4. The molecule has 2 heterocycles. The molecule has 0 unspecified atom stereocenters. The van der Waals surface area contributed by atoms with E-state index in [2.05, 4.69) is 5.32 Å². The summed E-state index contributed by atoms with van der Waals surface area (Å²) in [6.45, 7) is 1.79. The summed E-state index contributed by atoms with van der Waals surface area (Å²) in [5.74, 6) is 1.59. The van der Waals surface area contributed by atoms with E-state index in [0.717, 1.165) is 22.5 Å². The highest BCUT2D eigenvalue weighted by atomic mass is 32.2. The lowest BCUT2D eigenvalue weighted by atomic mass is 10.2. The van der Waals surface area contributed by atoms with E-state index in [1.807, 2.05) is 24.3 Å². The number of hydrogen-bond acceptors (Lipinski definition) is 6. The lowest BCUT2D eigenvalue weighted by Crippen LogP contribution is -2.41. The molecule has 0 saturated carbocycles. The highest BCUT2D eigenvalue weighted by Gasteiger charge is 2.37. The van der Waals surface area contributed by atoms with Crippen LogP contribution >= 0.6 is 0 Å². The van der Waals surface area contributed by atoms with Crippen molar-refractivity contribution in [1.29, 1.82) is 0 Å². The number of sulfonamides is 1. The normalized spacial score (nSPS) is 16.0. The van der Waals surface area contributed by atoms with Crippen LogP contribution in [0.15, 0.2) is 58.5 Å². The van der Waals surface area contributed by atoms with E-state index in [1.54, 1.807) is 18.1 Å². The Labute approximate surface area is 193 Å². The molecule has 176 valence electrons. The zero-order chi connectivity index (χ0) is 23.6. The molecule has 2 aromatic carbocycles. The third-order valence-corrected chi connectivity index (χ3v) is 7.67. The van der Waals surface area contributed by atoms with Crippen LogP contribution in [0.5, 0.6) is 17.2 Å². The topological polar surface area (TPSA) is 97.4 Å². The van der Waals surface area contributed by atoms with Gasteiger partial charge >= 0.3 is 6.03 Å². The largest absolute Gasteiger partial charge is 0.497 e. The average Bonchev–Trinajstić information content (AvgIpc) is 3.42. The van der Waals surface area contributed by atoms with Gasteiger partial charge in [-0.15, -0.1) is 0 Å². The number of rotatable bonds is 7. The van der Waals surface area contributed by atoms with E-state index in [1.165, 1.54) is 30.7 Å². The fraction of sp³-hybridized carbons (Fsp3) is 0.348. The minimum atomic E-state index is -3.70. The van der Waals surface area contributed by atoms with Crippen LogP contribution in [-0.2, 0) is 16.6 Å². The second-order valence-electron chi connectivity index (χ2n) is 7.86. The quantitative estimate of drug-likeness (QED) is 0.620. The Morgan fingerprint density at radius 1 is 0.879 bits per heavy atom. The third kappa shape index (κ3) is 4.62.